The number of hydrogen-bond donors (Lipinski definition) is 0. The van der Waals surface area contributed by atoms with E-state index in [2.05, 4.69) is 6.07 Å². The molecule has 0 amide bonds. The van der Waals surface area contributed by atoms with Crippen LogP contribution in [0.2, 0.25) is 0 Å². The van der Waals surface area contributed by atoms with Crippen molar-refractivity contribution in [3.05, 3.63) is 29.3 Å². The second kappa shape index (κ2) is 6.65. The van der Waals surface area contributed by atoms with Crippen molar-refractivity contribution >= 4 is 13.1 Å². The molecule has 0 radical (unpaired) electrons. The molecule has 0 saturated carbocycles. The smallest absolute Gasteiger partial charge is 0.466 e. The maximum absolute atomic E-state index is 12.2. The molecule has 1 aromatic carbocycles. The Morgan fingerprint density at radius 3 is 2.56 bits per heavy atom. The molecular formula is C19H27BO5. The lowest BCUT2D eigenvalue weighted by Gasteiger charge is -2.32. The minimum atomic E-state index is -0.491. The van der Waals surface area contributed by atoms with Crippen LogP contribution in [-0.2, 0) is 25.3 Å². The van der Waals surface area contributed by atoms with E-state index >= 15 is 0 Å². The van der Waals surface area contributed by atoms with E-state index in [1.807, 2.05) is 46.8 Å². The fourth-order valence-electron chi connectivity index (χ4n) is 3.26. The van der Waals surface area contributed by atoms with Crippen LogP contribution in [0.25, 0.3) is 0 Å². The van der Waals surface area contributed by atoms with E-state index in [1.165, 1.54) is 5.56 Å². The molecule has 1 saturated heterocycles. The van der Waals surface area contributed by atoms with Gasteiger partial charge in [0.25, 0.3) is 0 Å². The molecule has 3 rings (SSSR count). The van der Waals surface area contributed by atoms with Gasteiger partial charge in [-0.15, -0.1) is 0 Å². The van der Waals surface area contributed by atoms with E-state index in [0.717, 1.165) is 17.7 Å². The number of fused-ring (bicyclic) bond motifs is 1. The molecule has 6 heteroatoms. The molecule has 25 heavy (non-hydrogen) atoms. The van der Waals surface area contributed by atoms with Crippen LogP contribution in [0, 0.1) is 0 Å². The molecule has 2 heterocycles. The fraction of sp³-hybridized carbons (Fsp3) is 0.632. The van der Waals surface area contributed by atoms with Gasteiger partial charge in [0.1, 0.15) is 5.75 Å². The van der Waals surface area contributed by atoms with Crippen LogP contribution in [-0.4, -0.2) is 37.5 Å². The summed E-state index contributed by atoms with van der Waals surface area (Å²) in [7, 11) is -0.491. The van der Waals surface area contributed by atoms with Crippen LogP contribution in [0.3, 0.4) is 0 Å². The van der Waals surface area contributed by atoms with Crippen molar-refractivity contribution in [2.24, 2.45) is 0 Å². The second-order valence-corrected chi connectivity index (χ2v) is 7.71. The number of carbonyl (C=O) groups excluding carboxylic acids is 1. The van der Waals surface area contributed by atoms with Crippen molar-refractivity contribution in [3.63, 3.8) is 0 Å². The molecule has 1 unspecified atom stereocenters. The largest absolute Gasteiger partial charge is 0.493 e. The zero-order chi connectivity index (χ0) is 18.2. The first-order valence-electron chi connectivity index (χ1n) is 9.00. The molecule has 136 valence electrons. The van der Waals surface area contributed by atoms with Gasteiger partial charge in [-0.25, -0.2) is 0 Å². The van der Waals surface area contributed by atoms with Gasteiger partial charge >= 0.3 is 13.1 Å². The van der Waals surface area contributed by atoms with Crippen molar-refractivity contribution in [1.82, 2.24) is 0 Å². The van der Waals surface area contributed by atoms with Gasteiger partial charge in [-0.2, -0.15) is 0 Å². The zero-order valence-corrected chi connectivity index (χ0v) is 15.8. The van der Waals surface area contributed by atoms with Crippen molar-refractivity contribution < 1.29 is 23.6 Å². The number of rotatable bonds is 5. The van der Waals surface area contributed by atoms with E-state index in [4.69, 9.17) is 18.8 Å². The highest BCUT2D eigenvalue weighted by Gasteiger charge is 2.54. The summed E-state index contributed by atoms with van der Waals surface area (Å²) in [6.45, 7) is 11.0. The molecule has 0 N–H and O–H groups in total. The Morgan fingerprint density at radius 2 is 1.92 bits per heavy atom. The maximum atomic E-state index is 12.2. The highest BCUT2D eigenvalue weighted by molar-refractivity contribution is 6.48. The molecule has 2 aliphatic heterocycles. The molecule has 5 nitrogen and oxygen atoms in total. The normalized spacial score (nSPS) is 21.6. The maximum Gasteiger partial charge on any atom is 0.466 e. The Hall–Kier alpha value is -1.53. The number of esters is 1. The van der Waals surface area contributed by atoms with Crippen LogP contribution < -0.4 is 4.74 Å². The molecule has 1 atom stereocenters. The van der Waals surface area contributed by atoms with E-state index < -0.39 is 18.3 Å². The number of ether oxygens (including phenoxy) is 2. The monoisotopic (exact) mass is 346 g/mol. The number of carbonyl (C=O) groups is 1. The van der Waals surface area contributed by atoms with Crippen molar-refractivity contribution in [2.75, 3.05) is 13.2 Å². The Labute approximate surface area is 150 Å². The lowest BCUT2D eigenvalue weighted by molar-refractivity contribution is -0.143. The van der Waals surface area contributed by atoms with Crippen LogP contribution in [0.15, 0.2) is 18.2 Å². The highest BCUT2D eigenvalue weighted by Crippen LogP contribution is 2.42. The zero-order valence-electron chi connectivity index (χ0n) is 15.8. The second-order valence-electron chi connectivity index (χ2n) is 7.71. The first-order chi connectivity index (χ1) is 11.7. The van der Waals surface area contributed by atoms with Crippen molar-refractivity contribution in [3.8, 4) is 5.75 Å². The molecule has 2 aliphatic rings. The van der Waals surface area contributed by atoms with Gasteiger partial charge in [0.15, 0.2) is 0 Å². The Morgan fingerprint density at radius 1 is 1.24 bits per heavy atom. The van der Waals surface area contributed by atoms with Gasteiger partial charge in [-0.1, -0.05) is 12.1 Å². The predicted molar refractivity (Wildman–Crippen MR) is 95.7 cm³/mol. The molecule has 1 aromatic rings. The Bertz CT molecular complexity index is 639. The summed E-state index contributed by atoms with van der Waals surface area (Å²) in [6.07, 6.45) is 1.11. The quantitative estimate of drug-likeness (QED) is 0.605. The van der Waals surface area contributed by atoms with Crippen molar-refractivity contribution in [1.29, 1.82) is 0 Å². The third-order valence-corrected chi connectivity index (χ3v) is 5.43. The van der Waals surface area contributed by atoms with Gasteiger partial charge in [0.05, 0.1) is 30.8 Å². The lowest BCUT2D eigenvalue weighted by Crippen LogP contribution is -2.41. The van der Waals surface area contributed by atoms with Gasteiger partial charge in [0.2, 0.25) is 0 Å². The van der Waals surface area contributed by atoms with Crippen LogP contribution >= 0.6 is 0 Å². The third kappa shape index (κ3) is 3.56. The van der Waals surface area contributed by atoms with Gasteiger partial charge in [-0.05, 0) is 51.8 Å². The molecule has 0 spiro atoms. The molecule has 0 aliphatic carbocycles. The minimum absolute atomic E-state index is 0.217. The third-order valence-electron chi connectivity index (χ3n) is 5.43. The fourth-order valence-corrected chi connectivity index (χ4v) is 3.26. The van der Waals surface area contributed by atoms with Crippen molar-refractivity contribution in [2.45, 2.75) is 64.5 Å². The first kappa shape index (κ1) is 18.3. The predicted octanol–water partition coefficient (Wildman–Crippen LogP) is 3.29. The average molecular weight is 346 g/mol. The minimum Gasteiger partial charge on any atom is -0.493 e. The van der Waals surface area contributed by atoms with Crippen LogP contribution in [0.5, 0.6) is 5.75 Å². The first-order valence-corrected chi connectivity index (χ1v) is 9.00. The van der Waals surface area contributed by atoms with Gasteiger partial charge < -0.3 is 18.8 Å². The molecule has 0 aromatic heterocycles. The summed E-state index contributed by atoms with van der Waals surface area (Å²) in [5.74, 6) is 0.470. The summed E-state index contributed by atoms with van der Waals surface area (Å²) in [4.78, 5) is 12.2. The lowest BCUT2D eigenvalue weighted by atomic mass is 9.66. The SMILES string of the molecule is CCOC(=O)CC(B1OC(C)(C)C(C)(C)O1)c1ccc2c(c1)CCO2. The van der Waals surface area contributed by atoms with Gasteiger partial charge in [0, 0.05) is 12.2 Å². The van der Waals surface area contributed by atoms with Crippen LogP contribution in [0.1, 0.15) is 58.0 Å². The van der Waals surface area contributed by atoms with E-state index in [9.17, 15) is 4.79 Å². The summed E-state index contributed by atoms with van der Waals surface area (Å²) in [6, 6.07) is 6.08. The summed E-state index contributed by atoms with van der Waals surface area (Å²) >= 11 is 0. The Balaban J connectivity index is 1.89. The topological polar surface area (TPSA) is 54.0 Å². The molecular weight excluding hydrogens is 319 g/mol. The standard InChI is InChI=1S/C19H27BO5/c1-6-22-17(21)12-15(20-24-18(2,3)19(4,5)25-20)13-7-8-16-14(11-13)9-10-23-16/h7-8,11,15H,6,9-10,12H2,1-5H3. The summed E-state index contributed by atoms with van der Waals surface area (Å²) in [5.41, 5.74) is 1.31. The van der Waals surface area contributed by atoms with E-state index in [0.29, 0.717) is 13.2 Å². The molecule has 0 bridgehead atoms. The number of benzene rings is 1. The van der Waals surface area contributed by atoms with E-state index in [1.54, 1.807) is 0 Å². The number of hydrogen-bond acceptors (Lipinski definition) is 5. The molecule has 1 fully saturated rings. The highest BCUT2D eigenvalue weighted by atomic mass is 16.7. The van der Waals surface area contributed by atoms with Crippen LogP contribution in [0.4, 0.5) is 0 Å². The summed E-state index contributed by atoms with van der Waals surface area (Å²) < 4.78 is 23.2. The average Bonchev–Trinajstić information content (AvgIpc) is 3.06. The van der Waals surface area contributed by atoms with Gasteiger partial charge in [-0.3, -0.25) is 4.79 Å². The Kier molecular flexibility index (Phi) is 4.86. The van der Waals surface area contributed by atoms with E-state index in [-0.39, 0.29) is 18.2 Å². The summed E-state index contributed by atoms with van der Waals surface area (Å²) in [5, 5.41) is 0.